The number of rotatable bonds is 23. The van der Waals surface area contributed by atoms with Crippen molar-refractivity contribution in [2.24, 2.45) is 0 Å². The van der Waals surface area contributed by atoms with E-state index in [4.69, 9.17) is 18.9 Å². The van der Waals surface area contributed by atoms with Gasteiger partial charge in [-0.05, 0) is 38.8 Å². The van der Waals surface area contributed by atoms with Crippen molar-refractivity contribution < 1.29 is 37.5 Å². The molecular weight excluding hydrogens is 532 g/mol. The summed E-state index contributed by atoms with van der Waals surface area (Å²) in [5.41, 5.74) is 3.40. The Morgan fingerprint density at radius 1 is 0.500 bits per heavy atom. The van der Waals surface area contributed by atoms with Crippen LogP contribution < -0.4 is 0 Å². The Balaban J connectivity index is 2.06. The third kappa shape index (κ3) is 12.4. The number of likely N-dealkylation sites (N-methyl/N-ethyl adjacent to an activating group) is 2. The van der Waals surface area contributed by atoms with E-state index < -0.39 is 0 Å². The number of Topliss-reactive ketones (excluding diaryl/α,β-unsaturated/α-hetero) is 2. The zero-order valence-electron chi connectivity index (χ0n) is 26.9. The van der Waals surface area contributed by atoms with Crippen molar-refractivity contribution >= 4 is 11.6 Å². The van der Waals surface area contributed by atoms with E-state index in [1.165, 1.54) is 0 Å². The largest absolute Gasteiger partial charge is 0.376 e. The fourth-order valence-corrected chi connectivity index (χ4v) is 4.83. The third-order valence-corrected chi connectivity index (χ3v) is 7.72. The van der Waals surface area contributed by atoms with Crippen LogP contribution in [0.4, 0.5) is 0 Å². The zero-order chi connectivity index (χ0) is 30.8. The van der Waals surface area contributed by atoms with Crippen molar-refractivity contribution in [2.75, 3.05) is 106 Å². The van der Waals surface area contributed by atoms with Crippen LogP contribution >= 0.6 is 0 Å². The quantitative estimate of drug-likeness (QED) is 0.106. The van der Waals surface area contributed by atoms with E-state index in [9.17, 15) is 9.59 Å². The van der Waals surface area contributed by atoms with Crippen LogP contribution in [0, 0.1) is 0 Å². The van der Waals surface area contributed by atoms with E-state index in [0.717, 1.165) is 37.3 Å². The molecule has 2 rings (SSSR count). The van der Waals surface area contributed by atoms with Gasteiger partial charge in [-0.2, -0.15) is 0 Å². The van der Waals surface area contributed by atoms with Gasteiger partial charge < -0.3 is 27.9 Å². The molecule has 8 heteroatoms. The molecular formula is C34H54N2O6+2. The lowest BCUT2D eigenvalue weighted by atomic mass is 10.00. The van der Waals surface area contributed by atoms with Crippen molar-refractivity contribution in [1.82, 2.24) is 0 Å². The number of carbonyl (C=O) groups excluding carboxylic acids is 2. The van der Waals surface area contributed by atoms with Gasteiger partial charge in [-0.25, -0.2) is 0 Å². The minimum Gasteiger partial charge on any atom is -0.376 e. The van der Waals surface area contributed by atoms with Gasteiger partial charge in [0.05, 0.1) is 40.5 Å². The van der Waals surface area contributed by atoms with Crippen LogP contribution in [0.3, 0.4) is 0 Å². The summed E-state index contributed by atoms with van der Waals surface area (Å²) in [5, 5.41) is 0. The summed E-state index contributed by atoms with van der Waals surface area (Å²) in [6, 6.07) is 15.5. The Morgan fingerprint density at radius 3 is 1.00 bits per heavy atom. The molecule has 0 aliphatic rings. The molecule has 0 spiro atoms. The highest BCUT2D eigenvalue weighted by Crippen LogP contribution is 2.22. The Kier molecular flexibility index (Phi) is 16.1. The average molecular weight is 587 g/mol. The second kappa shape index (κ2) is 18.9. The molecule has 0 aliphatic carbocycles. The Bertz CT molecular complexity index is 949. The smallest absolute Gasteiger partial charge is 0.216 e. The summed E-state index contributed by atoms with van der Waals surface area (Å²) < 4.78 is 23.4. The van der Waals surface area contributed by atoms with Crippen LogP contribution in [-0.2, 0) is 18.9 Å². The van der Waals surface area contributed by atoms with Crippen LogP contribution in [0.1, 0.15) is 48.4 Å². The van der Waals surface area contributed by atoms with Gasteiger partial charge in [0.15, 0.2) is 0 Å². The molecule has 8 nitrogen and oxygen atoms in total. The van der Waals surface area contributed by atoms with E-state index in [2.05, 4.69) is 14.1 Å². The highest BCUT2D eigenvalue weighted by Gasteiger charge is 2.27. The molecule has 0 amide bonds. The highest BCUT2D eigenvalue weighted by atomic mass is 16.5. The average Bonchev–Trinajstić information content (AvgIpc) is 2.98. The molecule has 0 atom stereocenters. The van der Waals surface area contributed by atoms with Crippen molar-refractivity contribution in [2.45, 2.75) is 27.7 Å². The third-order valence-electron chi connectivity index (χ3n) is 7.72. The van der Waals surface area contributed by atoms with Crippen LogP contribution in [0.15, 0.2) is 48.5 Å². The molecule has 0 saturated carbocycles. The fraction of sp³-hybridized carbons (Fsp3) is 0.588. The predicted molar refractivity (Wildman–Crippen MR) is 168 cm³/mol. The summed E-state index contributed by atoms with van der Waals surface area (Å²) in [6.45, 7) is 16.8. The van der Waals surface area contributed by atoms with Gasteiger partial charge in [0.25, 0.3) is 0 Å². The van der Waals surface area contributed by atoms with Crippen molar-refractivity contribution in [1.29, 1.82) is 0 Å². The number of benzene rings is 2. The van der Waals surface area contributed by atoms with E-state index in [1.54, 1.807) is 0 Å². The van der Waals surface area contributed by atoms with E-state index in [1.807, 2.05) is 76.2 Å². The molecule has 0 radical (unpaired) electrons. The van der Waals surface area contributed by atoms with E-state index in [0.29, 0.717) is 86.0 Å². The van der Waals surface area contributed by atoms with Gasteiger partial charge in [-0.3, -0.25) is 9.59 Å². The minimum atomic E-state index is 0.104. The zero-order valence-corrected chi connectivity index (χ0v) is 26.9. The number of nitrogens with zero attached hydrogens (tertiary/aromatic N) is 2. The first kappa shape index (κ1) is 35.7. The number of ether oxygens (including phenoxy) is 4. The summed E-state index contributed by atoms with van der Waals surface area (Å²) in [4.78, 5) is 26.4. The maximum atomic E-state index is 13.2. The topological polar surface area (TPSA) is 71.1 Å². The molecule has 0 aromatic heterocycles. The summed E-state index contributed by atoms with van der Waals surface area (Å²) in [7, 11) is 4.18. The van der Waals surface area contributed by atoms with E-state index >= 15 is 0 Å². The standard InChI is InChI=1S/C34H54N2O6/c1-7-39-23-19-35(5,20-24-40-8-2)27-33(37)31-15-11-29(12-16-31)30-13-17-32(18-14-30)34(38)28-36(6,21-25-41-9-3)22-26-42-10-4/h11-18H,7-10,19-28H2,1-6H3/q+2. The fourth-order valence-electron chi connectivity index (χ4n) is 4.83. The second-order valence-electron chi connectivity index (χ2n) is 11.2. The van der Waals surface area contributed by atoms with Crippen LogP contribution in [-0.4, -0.2) is 127 Å². The molecule has 0 bridgehead atoms. The van der Waals surface area contributed by atoms with Gasteiger partial charge >= 0.3 is 0 Å². The SMILES string of the molecule is CCOCC[N+](C)(CCOCC)CC(=O)c1ccc(-c2ccc(C(=O)C[N+](C)(CCOCC)CCOCC)cc2)cc1. The van der Waals surface area contributed by atoms with Crippen molar-refractivity contribution in [3.05, 3.63) is 59.7 Å². The number of hydrogen-bond donors (Lipinski definition) is 0. The Labute approximate surface area is 253 Å². The van der Waals surface area contributed by atoms with Gasteiger partial charge in [0, 0.05) is 37.6 Å². The Hall–Kier alpha value is -2.46. The van der Waals surface area contributed by atoms with E-state index in [-0.39, 0.29) is 11.6 Å². The maximum absolute atomic E-state index is 13.2. The molecule has 0 aliphatic heterocycles. The normalized spacial score (nSPS) is 12.0. The lowest BCUT2D eigenvalue weighted by molar-refractivity contribution is -0.902. The molecule has 2 aromatic carbocycles. The minimum absolute atomic E-state index is 0.104. The highest BCUT2D eigenvalue weighted by molar-refractivity contribution is 5.98. The Morgan fingerprint density at radius 2 is 0.762 bits per heavy atom. The van der Waals surface area contributed by atoms with Gasteiger partial charge in [-0.1, -0.05) is 48.5 Å². The number of ketones is 2. The molecule has 0 N–H and O–H groups in total. The summed E-state index contributed by atoms with van der Waals surface area (Å²) >= 11 is 0. The predicted octanol–water partition coefficient (Wildman–Crippen LogP) is 4.76. The molecule has 0 unspecified atom stereocenters. The van der Waals surface area contributed by atoms with Crippen molar-refractivity contribution in [3.8, 4) is 11.1 Å². The van der Waals surface area contributed by atoms with Gasteiger partial charge in [0.2, 0.25) is 11.6 Å². The van der Waals surface area contributed by atoms with Crippen molar-refractivity contribution in [3.63, 3.8) is 0 Å². The summed E-state index contributed by atoms with van der Waals surface area (Å²) in [5.74, 6) is 0.209. The summed E-state index contributed by atoms with van der Waals surface area (Å²) in [6.07, 6.45) is 0. The molecule has 0 fully saturated rings. The van der Waals surface area contributed by atoms with Crippen LogP contribution in [0.25, 0.3) is 11.1 Å². The van der Waals surface area contributed by atoms with Gasteiger partial charge in [0.1, 0.15) is 39.3 Å². The lowest BCUT2D eigenvalue weighted by Crippen LogP contribution is -2.51. The van der Waals surface area contributed by atoms with Crippen LogP contribution in [0.2, 0.25) is 0 Å². The maximum Gasteiger partial charge on any atom is 0.216 e. The molecule has 42 heavy (non-hydrogen) atoms. The molecule has 234 valence electrons. The monoisotopic (exact) mass is 586 g/mol. The first-order valence-corrected chi connectivity index (χ1v) is 15.4. The molecule has 2 aromatic rings. The number of quaternary nitrogens is 2. The van der Waals surface area contributed by atoms with Gasteiger partial charge in [-0.15, -0.1) is 0 Å². The molecule has 0 heterocycles. The number of hydrogen-bond acceptors (Lipinski definition) is 6. The lowest BCUT2D eigenvalue weighted by Gasteiger charge is -2.33. The number of carbonyl (C=O) groups is 2. The van der Waals surface area contributed by atoms with Crippen LogP contribution in [0.5, 0.6) is 0 Å². The first-order valence-electron chi connectivity index (χ1n) is 15.4. The molecule has 0 saturated heterocycles. The first-order chi connectivity index (χ1) is 20.2. The second-order valence-corrected chi connectivity index (χ2v) is 11.2.